The quantitative estimate of drug-likeness (QED) is 0.894. The first kappa shape index (κ1) is 16.9. The van der Waals surface area contributed by atoms with Crippen molar-refractivity contribution >= 4 is 29.1 Å². The highest BCUT2D eigenvalue weighted by atomic mass is 16.2. The Morgan fingerprint density at radius 2 is 1.84 bits per heavy atom. The number of rotatable bonds is 4. The van der Waals surface area contributed by atoms with Crippen molar-refractivity contribution in [1.82, 2.24) is 14.9 Å². The fourth-order valence-electron chi connectivity index (χ4n) is 2.80. The van der Waals surface area contributed by atoms with Crippen LogP contribution >= 0.6 is 0 Å². The first-order chi connectivity index (χ1) is 12.1. The number of nitrogens with zero attached hydrogens (tertiary/aromatic N) is 3. The molecule has 7 nitrogen and oxygen atoms in total. The van der Waals surface area contributed by atoms with Gasteiger partial charge in [-0.2, -0.15) is 0 Å². The van der Waals surface area contributed by atoms with Crippen molar-refractivity contribution in [3.8, 4) is 0 Å². The monoisotopic (exact) mass is 339 g/mol. The van der Waals surface area contributed by atoms with E-state index in [1.807, 2.05) is 17.0 Å². The van der Waals surface area contributed by atoms with Gasteiger partial charge in [-0.25, -0.2) is 9.97 Å². The van der Waals surface area contributed by atoms with E-state index in [-0.39, 0.29) is 11.8 Å². The van der Waals surface area contributed by atoms with Gasteiger partial charge in [0.05, 0.1) is 0 Å². The van der Waals surface area contributed by atoms with Crippen LogP contribution in [0.3, 0.4) is 0 Å². The molecule has 2 aromatic rings. The molecule has 0 unspecified atom stereocenters. The topological polar surface area (TPSA) is 87.2 Å². The molecule has 1 saturated heterocycles. The number of piperidine rings is 1. The van der Waals surface area contributed by atoms with Gasteiger partial charge in [0.1, 0.15) is 5.69 Å². The van der Waals surface area contributed by atoms with Crippen molar-refractivity contribution in [2.24, 2.45) is 0 Å². The van der Waals surface area contributed by atoms with Crippen LogP contribution in [0.5, 0.6) is 0 Å². The molecule has 1 aliphatic rings. The number of anilines is 3. The lowest BCUT2D eigenvalue weighted by molar-refractivity contribution is -0.114. The normalized spacial score (nSPS) is 14.0. The van der Waals surface area contributed by atoms with E-state index in [4.69, 9.17) is 0 Å². The average Bonchev–Trinajstić information content (AvgIpc) is 2.62. The van der Waals surface area contributed by atoms with Crippen molar-refractivity contribution < 1.29 is 9.59 Å². The summed E-state index contributed by atoms with van der Waals surface area (Å²) in [4.78, 5) is 34.0. The Bertz CT molecular complexity index is 772. The summed E-state index contributed by atoms with van der Waals surface area (Å²) >= 11 is 0. The first-order valence-electron chi connectivity index (χ1n) is 8.39. The minimum absolute atomic E-state index is 0.0582. The van der Waals surface area contributed by atoms with Gasteiger partial charge in [-0.15, -0.1) is 0 Å². The minimum Gasteiger partial charge on any atom is -0.337 e. The summed E-state index contributed by atoms with van der Waals surface area (Å²) in [5, 5.41) is 5.79. The number of carbonyl (C=O) groups excluding carboxylic acids is 2. The summed E-state index contributed by atoms with van der Waals surface area (Å²) in [6, 6.07) is 8.87. The molecule has 7 heteroatoms. The number of benzene rings is 1. The second kappa shape index (κ2) is 7.74. The lowest BCUT2D eigenvalue weighted by Gasteiger charge is -2.26. The standard InChI is InChI=1S/C18H21N5O2/c1-13(24)20-14-6-5-7-15(12-14)21-18-19-9-8-16(22-18)17(25)23-10-3-2-4-11-23/h5-9,12H,2-4,10-11H2,1H3,(H,20,24)(H,19,21,22). The zero-order valence-corrected chi connectivity index (χ0v) is 14.2. The molecule has 3 rings (SSSR count). The number of amides is 2. The Balaban J connectivity index is 1.73. The number of nitrogens with one attached hydrogen (secondary N) is 2. The largest absolute Gasteiger partial charge is 0.337 e. The van der Waals surface area contributed by atoms with E-state index >= 15 is 0 Å². The summed E-state index contributed by atoms with van der Waals surface area (Å²) < 4.78 is 0. The molecule has 0 bridgehead atoms. The Kier molecular flexibility index (Phi) is 5.23. The summed E-state index contributed by atoms with van der Waals surface area (Å²) in [7, 11) is 0. The molecule has 2 amide bonds. The van der Waals surface area contributed by atoms with Crippen LogP contribution in [-0.4, -0.2) is 39.8 Å². The van der Waals surface area contributed by atoms with Crippen LogP contribution < -0.4 is 10.6 Å². The highest BCUT2D eigenvalue weighted by molar-refractivity contribution is 5.92. The average molecular weight is 339 g/mol. The van der Waals surface area contributed by atoms with E-state index in [0.29, 0.717) is 17.3 Å². The van der Waals surface area contributed by atoms with Crippen molar-refractivity contribution in [2.45, 2.75) is 26.2 Å². The number of hydrogen-bond donors (Lipinski definition) is 2. The van der Waals surface area contributed by atoms with E-state index < -0.39 is 0 Å². The molecule has 0 spiro atoms. The highest BCUT2D eigenvalue weighted by Crippen LogP contribution is 2.19. The van der Waals surface area contributed by atoms with E-state index in [0.717, 1.165) is 31.6 Å². The molecule has 0 radical (unpaired) electrons. The molecule has 1 aromatic heterocycles. The molecule has 130 valence electrons. The van der Waals surface area contributed by atoms with Gasteiger partial charge in [0.25, 0.3) is 5.91 Å². The molecular formula is C18H21N5O2. The first-order valence-corrected chi connectivity index (χ1v) is 8.39. The summed E-state index contributed by atoms with van der Waals surface area (Å²) in [6.07, 6.45) is 4.82. The van der Waals surface area contributed by atoms with Gasteiger partial charge >= 0.3 is 0 Å². The third-order valence-corrected chi connectivity index (χ3v) is 3.96. The maximum absolute atomic E-state index is 12.5. The third kappa shape index (κ3) is 4.53. The van der Waals surface area contributed by atoms with Gasteiger partial charge in [0, 0.05) is 37.6 Å². The predicted molar refractivity (Wildman–Crippen MR) is 95.8 cm³/mol. The van der Waals surface area contributed by atoms with Crippen LogP contribution in [0.25, 0.3) is 0 Å². The van der Waals surface area contributed by atoms with E-state index in [9.17, 15) is 9.59 Å². The van der Waals surface area contributed by atoms with Crippen molar-refractivity contribution in [3.05, 3.63) is 42.2 Å². The van der Waals surface area contributed by atoms with Crippen LogP contribution in [-0.2, 0) is 4.79 Å². The van der Waals surface area contributed by atoms with Crippen molar-refractivity contribution in [3.63, 3.8) is 0 Å². The van der Waals surface area contributed by atoms with Crippen molar-refractivity contribution in [2.75, 3.05) is 23.7 Å². The molecule has 0 atom stereocenters. The summed E-state index contributed by atoms with van der Waals surface area (Å²) in [5.74, 6) is 0.155. The molecule has 0 saturated carbocycles. The molecular weight excluding hydrogens is 318 g/mol. The lowest BCUT2D eigenvalue weighted by Crippen LogP contribution is -2.36. The molecule has 2 heterocycles. The number of carbonyl (C=O) groups is 2. The summed E-state index contributed by atoms with van der Waals surface area (Å²) in [6.45, 7) is 3.02. The number of hydrogen-bond acceptors (Lipinski definition) is 5. The van der Waals surface area contributed by atoms with Crippen LogP contribution in [0.1, 0.15) is 36.7 Å². The van der Waals surface area contributed by atoms with Gasteiger partial charge in [-0.05, 0) is 43.5 Å². The van der Waals surface area contributed by atoms with Gasteiger partial charge in [0.15, 0.2) is 0 Å². The molecule has 1 aliphatic heterocycles. The van der Waals surface area contributed by atoms with E-state index in [1.165, 1.54) is 13.3 Å². The van der Waals surface area contributed by atoms with Crippen LogP contribution in [0, 0.1) is 0 Å². The molecule has 1 aromatic carbocycles. The van der Waals surface area contributed by atoms with Crippen molar-refractivity contribution in [1.29, 1.82) is 0 Å². The summed E-state index contributed by atoms with van der Waals surface area (Å²) in [5.41, 5.74) is 1.80. The second-order valence-electron chi connectivity index (χ2n) is 6.01. The molecule has 1 fully saturated rings. The van der Waals surface area contributed by atoms with Gasteiger partial charge < -0.3 is 15.5 Å². The predicted octanol–water partition coefficient (Wildman–Crippen LogP) is 2.80. The maximum Gasteiger partial charge on any atom is 0.272 e. The smallest absolute Gasteiger partial charge is 0.272 e. The lowest BCUT2D eigenvalue weighted by atomic mass is 10.1. The zero-order chi connectivity index (χ0) is 17.6. The molecule has 2 N–H and O–H groups in total. The Labute approximate surface area is 146 Å². The fourth-order valence-corrected chi connectivity index (χ4v) is 2.80. The van der Waals surface area contributed by atoms with Crippen LogP contribution in [0.2, 0.25) is 0 Å². The van der Waals surface area contributed by atoms with Crippen LogP contribution in [0.4, 0.5) is 17.3 Å². The van der Waals surface area contributed by atoms with Gasteiger partial charge in [-0.3, -0.25) is 9.59 Å². The highest BCUT2D eigenvalue weighted by Gasteiger charge is 2.19. The minimum atomic E-state index is -0.137. The Hall–Kier alpha value is -2.96. The Morgan fingerprint density at radius 3 is 2.60 bits per heavy atom. The van der Waals surface area contributed by atoms with Gasteiger partial charge in [-0.1, -0.05) is 6.07 Å². The fraction of sp³-hybridized carbons (Fsp3) is 0.333. The van der Waals surface area contributed by atoms with E-state index in [1.54, 1.807) is 24.4 Å². The molecule has 25 heavy (non-hydrogen) atoms. The number of aromatic nitrogens is 2. The SMILES string of the molecule is CC(=O)Nc1cccc(Nc2nccc(C(=O)N3CCCCC3)n2)c1. The third-order valence-electron chi connectivity index (χ3n) is 3.96. The van der Waals surface area contributed by atoms with Crippen LogP contribution in [0.15, 0.2) is 36.5 Å². The number of likely N-dealkylation sites (tertiary alicyclic amines) is 1. The van der Waals surface area contributed by atoms with E-state index in [2.05, 4.69) is 20.6 Å². The Morgan fingerprint density at radius 1 is 1.08 bits per heavy atom. The maximum atomic E-state index is 12.5. The second-order valence-corrected chi connectivity index (χ2v) is 6.01. The zero-order valence-electron chi connectivity index (χ0n) is 14.2. The molecule has 0 aliphatic carbocycles. The van der Waals surface area contributed by atoms with Gasteiger partial charge in [0.2, 0.25) is 11.9 Å².